The first-order valence-corrected chi connectivity index (χ1v) is 48.0. The van der Waals surface area contributed by atoms with Gasteiger partial charge in [0.2, 0.25) is 17.8 Å². The Morgan fingerprint density at radius 2 is 0.601 bits per heavy atom. The van der Waals surface area contributed by atoms with Gasteiger partial charge in [0.25, 0.3) is 0 Å². The highest BCUT2D eigenvalue weighted by molar-refractivity contribution is 7.27. The number of fused-ring (bicyclic) bond motifs is 28. The summed E-state index contributed by atoms with van der Waals surface area (Å²) in [7, 11) is 0. The number of nitrogens with zero attached hydrogens (tertiary/aromatic N) is 11. The van der Waals surface area contributed by atoms with Crippen molar-refractivity contribution in [2.45, 2.75) is 0 Å². The molecule has 30 aromatic rings. The molecule has 138 heavy (non-hydrogen) atoms. The fourth-order valence-corrected chi connectivity index (χ4v) is 23.8. The average molecular weight is 1800 g/mol. The van der Waals surface area contributed by atoms with Gasteiger partial charge in [-0.2, -0.15) is 0 Å². The minimum Gasteiger partial charge on any atom is -0.455 e. The van der Waals surface area contributed by atoms with Gasteiger partial charge >= 0.3 is 0 Å². The lowest BCUT2D eigenvalue weighted by atomic mass is 9.98. The molecule has 0 aliphatic rings. The number of rotatable bonds is 10. The molecule has 11 aromatic heterocycles. The van der Waals surface area contributed by atoms with Crippen LogP contribution in [-0.2, 0) is 0 Å². The van der Waals surface area contributed by atoms with Crippen LogP contribution in [0.2, 0.25) is 0 Å². The Balaban J connectivity index is 0.000000102. The highest BCUT2D eigenvalue weighted by atomic mass is 32.1. The molecule has 0 fully saturated rings. The molecule has 0 atom stereocenters. The van der Waals surface area contributed by atoms with Crippen molar-refractivity contribution in [3.8, 4) is 85.2 Å². The van der Waals surface area contributed by atoms with E-state index in [1.165, 1.54) is 117 Å². The van der Waals surface area contributed by atoms with Crippen molar-refractivity contribution in [1.82, 2.24) is 52.7 Å². The molecule has 0 saturated heterocycles. The molecule has 0 aliphatic carbocycles. The molecule has 12 nitrogen and oxygen atoms in total. The summed E-state index contributed by atoms with van der Waals surface area (Å²) in [5.74, 6) is 1.97. The standard InChI is InChI=1S/C44H27N3O.2C40H24N4S/c1-3-12-28(13-4-1)30-16-11-17-31(26-30)32-22-23-36-39(27-32)47(38-25-24-34-33-18-8-10-21-40(33)48-43(34)41(36)38)44-45-37-20-9-7-19-35(37)42(46-44)29-14-5-2-6-15-29;1-5-13-33-27(9-1)28-10-2-6-14-34(28)43(33)26-19-17-25(18-20-26)32-23-24-41-40(42-32)44-35-15-7-3-12-31(35)38-36(44)22-21-30-29-11-4-8-16-37(29)45-39(30)38;1-2-10-26(11-3-1)43-33-15-7-4-12-27(33)31-24-25(18-20-35(31)43)32-22-23-41-40(42-32)44-34-16-8-5-14-30(34)38-36(44)21-19-29-28-13-6-9-17-37(28)45-39(29)38/h1-27H;2*1-24H. The van der Waals surface area contributed by atoms with E-state index >= 15 is 0 Å². The van der Waals surface area contributed by atoms with Crippen molar-refractivity contribution in [1.29, 1.82) is 0 Å². The average Bonchev–Trinajstić information content (AvgIpc) is 1.52. The van der Waals surface area contributed by atoms with Gasteiger partial charge in [0.15, 0.2) is 0 Å². The smallest absolute Gasteiger partial charge is 0.235 e. The van der Waals surface area contributed by atoms with Crippen LogP contribution in [-0.4, -0.2) is 52.7 Å². The van der Waals surface area contributed by atoms with Crippen molar-refractivity contribution < 1.29 is 4.42 Å². The Morgan fingerprint density at radius 1 is 0.203 bits per heavy atom. The number of furan rings is 1. The van der Waals surface area contributed by atoms with Crippen LogP contribution in [0.15, 0.2) is 460 Å². The van der Waals surface area contributed by atoms with Gasteiger partial charge in [-0.05, 0) is 162 Å². The lowest BCUT2D eigenvalue weighted by molar-refractivity contribution is 0.673. The van der Waals surface area contributed by atoms with Crippen molar-refractivity contribution in [3.05, 3.63) is 455 Å². The van der Waals surface area contributed by atoms with Gasteiger partial charge in [-0.25, -0.2) is 29.9 Å². The molecule has 0 aliphatic heterocycles. The molecule has 0 radical (unpaired) electrons. The minimum atomic E-state index is 0.623. The summed E-state index contributed by atoms with van der Waals surface area (Å²) in [5, 5.41) is 20.5. The predicted molar refractivity (Wildman–Crippen MR) is 576 cm³/mol. The highest BCUT2D eigenvalue weighted by Crippen LogP contribution is 2.49. The number of hydrogen-bond acceptors (Lipinski definition) is 9. The zero-order valence-corrected chi connectivity index (χ0v) is 75.6. The monoisotopic (exact) mass is 1800 g/mol. The van der Waals surface area contributed by atoms with Gasteiger partial charge in [0.05, 0.1) is 83.2 Å². The van der Waals surface area contributed by atoms with E-state index in [1.807, 2.05) is 77.5 Å². The summed E-state index contributed by atoms with van der Waals surface area (Å²) in [4.78, 5) is 30.5. The van der Waals surface area contributed by atoms with Gasteiger partial charge < -0.3 is 13.6 Å². The second-order valence-electron chi connectivity index (χ2n) is 35.1. The van der Waals surface area contributed by atoms with Crippen molar-refractivity contribution >= 4 is 205 Å². The van der Waals surface area contributed by atoms with Crippen molar-refractivity contribution in [2.75, 3.05) is 0 Å². The van der Waals surface area contributed by atoms with E-state index in [-0.39, 0.29) is 0 Å². The maximum atomic E-state index is 6.61. The van der Waals surface area contributed by atoms with Crippen LogP contribution in [0, 0.1) is 0 Å². The molecule has 19 aromatic carbocycles. The zero-order valence-electron chi connectivity index (χ0n) is 73.9. The number of benzene rings is 19. The molecule has 0 amide bonds. The highest BCUT2D eigenvalue weighted by Gasteiger charge is 2.27. The van der Waals surface area contributed by atoms with Gasteiger partial charge in [0.1, 0.15) is 11.2 Å². The van der Waals surface area contributed by atoms with Gasteiger partial charge in [-0.15, -0.1) is 22.7 Å². The van der Waals surface area contributed by atoms with Crippen LogP contribution < -0.4 is 0 Å². The largest absolute Gasteiger partial charge is 0.455 e. The molecule has 0 unspecified atom stereocenters. The third-order valence-electron chi connectivity index (χ3n) is 27.4. The number of aromatic nitrogens is 11. The minimum absolute atomic E-state index is 0.623. The van der Waals surface area contributed by atoms with E-state index in [4.69, 9.17) is 34.3 Å². The Hall–Kier alpha value is -18.1. The van der Waals surface area contributed by atoms with E-state index in [2.05, 4.69) is 423 Å². The topological polar surface area (TPSA) is 115 Å². The summed E-state index contributed by atoms with van der Waals surface area (Å²) in [5.41, 5.74) is 26.7. The van der Waals surface area contributed by atoms with E-state index in [9.17, 15) is 0 Å². The lowest BCUT2D eigenvalue weighted by Gasteiger charge is -2.12. The van der Waals surface area contributed by atoms with Crippen LogP contribution >= 0.6 is 22.7 Å². The first-order valence-electron chi connectivity index (χ1n) is 46.4. The molecular formula is C124H75N11OS2. The van der Waals surface area contributed by atoms with Crippen molar-refractivity contribution in [2.24, 2.45) is 0 Å². The maximum absolute atomic E-state index is 6.61. The third-order valence-corrected chi connectivity index (χ3v) is 29.9. The molecule has 14 heteroatoms. The first kappa shape index (κ1) is 78.6. The Kier molecular flexibility index (Phi) is 18.1. The van der Waals surface area contributed by atoms with Gasteiger partial charge in [-0.1, -0.05) is 303 Å². The summed E-state index contributed by atoms with van der Waals surface area (Å²) >= 11 is 3.72. The van der Waals surface area contributed by atoms with Crippen LogP contribution in [0.5, 0.6) is 0 Å². The SMILES string of the molecule is c1ccc(-c2cccc(-c3ccc4c5c6oc7ccccc7c6ccc5n(-c5nc(-c6ccccc6)c6ccccc6n5)c4c3)c2)cc1.c1ccc(-n2c3ccccc3c3cc(-c4ccnc(-n5c6ccccc6c6c7sc8ccccc8c7ccc65)n4)ccc32)cc1.c1ccc2c(c1)sc1c2ccc2c1c1ccccc1n2-c1nccc(-c2ccc(-n3c4ccccc4c4ccccc43)cc2)n1. The Morgan fingerprint density at radius 3 is 1.20 bits per heavy atom. The van der Waals surface area contributed by atoms with E-state index in [0.29, 0.717) is 17.8 Å². The van der Waals surface area contributed by atoms with Crippen LogP contribution in [0.1, 0.15) is 0 Å². The van der Waals surface area contributed by atoms with Crippen LogP contribution in [0.4, 0.5) is 0 Å². The quantitative estimate of drug-likeness (QED) is 0.134. The first-order chi connectivity index (χ1) is 68.5. The fourth-order valence-electron chi connectivity index (χ4n) is 21.3. The molecular weight excluding hydrogens is 1720 g/mol. The third kappa shape index (κ3) is 12.6. The van der Waals surface area contributed by atoms with E-state index in [0.717, 1.165) is 133 Å². The summed E-state index contributed by atoms with van der Waals surface area (Å²) in [6, 6.07) is 157. The molecule has 0 N–H and O–H groups in total. The maximum Gasteiger partial charge on any atom is 0.235 e. The molecule has 0 bridgehead atoms. The summed E-state index contributed by atoms with van der Waals surface area (Å²) < 4.78 is 23.2. The van der Waals surface area contributed by atoms with Gasteiger partial charge in [0, 0.05) is 145 Å². The number of thiophene rings is 2. The zero-order chi connectivity index (χ0) is 90.6. The van der Waals surface area contributed by atoms with Gasteiger partial charge in [-0.3, -0.25) is 13.7 Å². The van der Waals surface area contributed by atoms with E-state index in [1.54, 1.807) is 0 Å². The van der Waals surface area contributed by atoms with Crippen molar-refractivity contribution in [3.63, 3.8) is 0 Å². The Labute approximate surface area is 796 Å². The number of para-hydroxylation sites is 8. The normalized spacial score (nSPS) is 11.9. The molecule has 0 spiro atoms. The fraction of sp³-hybridized carbons (Fsp3) is 0. The molecule has 644 valence electrons. The Bertz CT molecular complexity index is 10200. The number of hydrogen-bond donors (Lipinski definition) is 0. The van der Waals surface area contributed by atoms with Crippen LogP contribution in [0.3, 0.4) is 0 Å². The molecule has 0 saturated carbocycles. The van der Waals surface area contributed by atoms with E-state index < -0.39 is 0 Å². The molecule has 11 heterocycles. The molecule has 30 rings (SSSR count). The predicted octanol–water partition coefficient (Wildman–Crippen LogP) is 33.0. The lowest BCUT2D eigenvalue weighted by Crippen LogP contribution is -2.03. The summed E-state index contributed by atoms with van der Waals surface area (Å²) in [6.07, 6.45) is 3.75. The summed E-state index contributed by atoms with van der Waals surface area (Å²) in [6.45, 7) is 0. The second kappa shape index (κ2) is 31.8. The van der Waals surface area contributed by atoms with Crippen LogP contribution in [0.25, 0.3) is 267 Å². The second-order valence-corrected chi connectivity index (χ2v) is 37.2.